The average Bonchev–Trinajstić information content (AvgIpc) is 3.46. The Balaban J connectivity index is 1.36. The highest BCUT2D eigenvalue weighted by Gasteiger charge is 2.44. The smallest absolute Gasteiger partial charge is 0.0823 e. The van der Waals surface area contributed by atoms with Crippen LogP contribution in [-0.2, 0) is 12.0 Å². The summed E-state index contributed by atoms with van der Waals surface area (Å²) in [5, 5.41) is 9.39. The summed E-state index contributed by atoms with van der Waals surface area (Å²) in [6.45, 7) is 1.06. The number of hydrogen-bond donors (Lipinski definition) is 0. The summed E-state index contributed by atoms with van der Waals surface area (Å²) in [6, 6.07) is 23.4. The molecule has 0 radical (unpaired) electrons. The van der Waals surface area contributed by atoms with Crippen LogP contribution >= 0.6 is 0 Å². The summed E-state index contributed by atoms with van der Waals surface area (Å²) in [5.41, 5.74) is 5.28. The second-order valence-electron chi connectivity index (χ2n) is 8.12. The summed E-state index contributed by atoms with van der Waals surface area (Å²) in [7, 11) is 0. The number of benzene rings is 2. The Bertz CT molecular complexity index is 869. The molecule has 2 unspecified atom stereocenters. The maximum Gasteiger partial charge on any atom is 0.0823 e. The minimum absolute atomic E-state index is 0.176. The second-order valence-corrected chi connectivity index (χ2v) is 8.12. The highest BCUT2D eigenvalue weighted by atomic mass is 15.2. The van der Waals surface area contributed by atoms with E-state index in [4.69, 9.17) is 0 Å². The molecule has 1 saturated carbocycles. The van der Waals surface area contributed by atoms with Crippen LogP contribution in [0.25, 0.3) is 5.57 Å². The molecule has 1 aliphatic carbocycles. The standard InChI is InChI=1S/C24H24N2/c25-17-24(12-13-24)21-8-6-19(7-9-21)20-14-22-10-11-23(15-20)26(22)16-18-4-2-1-3-5-18/h1-9,14,22-23H,10-13,15-16H2. The number of nitrogens with zero attached hydrogens (tertiary/aromatic N) is 2. The Hall–Kier alpha value is -2.37. The maximum absolute atomic E-state index is 9.39. The van der Waals surface area contributed by atoms with Crippen molar-refractivity contribution in [3.8, 4) is 6.07 Å². The molecule has 2 heteroatoms. The molecule has 1 saturated heterocycles. The largest absolute Gasteiger partial charge is 0.289 e. The van der Waals surface area contributed by atoms with Crippen molar-refractivity contribution in [2.75, 3.05) is 0 Å². The third-order valence-electron chi connectivity index (χ3n) is 6.52. The zero-order valence-electron chi connectivity index (χ0n) is 15.1. The van der Waals surface area contributed by atoms with Gasteiger partial charge in [0, 0.05) is 18.6 Å². The van der Waals surface area contributed by atoms with Gasteiger partial charge in [-0.2, -0.15) is 5.26 Å². The van der Waals surface area contributed by atoms with Gasteiger partial charge in [0.25, 0.3) is 0 Å². The van der Waals surface area contributed by atoms with Gasteiger partial charge >= 0.3 is 0 Å². The molecule has 130 valence electrons. The topological polar surface area (TPSA) is 27.0 Å². The molecule has 0 spiro atoms. The van der Waals surface area contributed by atoms with Crippen LogP contribution in [0.15, 0.2) is 60.7 Å². The third kappa shape index (κ3) is 2.68. The number of hydrogen-bond acceptors (Lipinski definition) is 2. The summed E-state index contributed by atoms with van der Waals surface area (Å²) in [4.78, 5) is 2.68. The Morgan fingerprint density at radius 2 is 1.77 bits per heavy atom. The van der Waals surface area contributed by atoms with Gasteiger partial charge in [-0.25, -0.2) is 0 Å². The number of fused-ring (bicyclic) bond motifs is 2. The molecule has 2 atom stereocenters. The minimum atomic E-state index is -0.176. The van der Waals surface area contributed by atoms with Crippen LogP contribution < -0.4 is 0 Å². The first-order chi connectivity index (χ1) is 12.8. The van der Waals surface area contributed by atoms with Crippen molar-refractivity contribution in [2.24, 2.45) is 0 Å². The van der Waals surface area contributed by atoms with E-state index in [2.05, 4.69) is 71.6 Å². The summed E-state index contributed by atoms with van der Waals surface area (Å²) < 4.78 is 0. The van der Waals surface area contributed by atoms with Crippen molar-refractivity contribution in [1.29, 1.82) is 5.26 Å². The van der Waals surface area contributed by atoms with E-state index < -0.39 is 0 Å². The van der Waals surface area contributed by atoms with Crippen molar-refractivity contribution in [1.82, 2.24) is 4.90 Å². The molecule has 5 rings (SSSR count). The quantitative estimate of drug-likeness (QED) is 0.777. The molecular formula is C24H24N2. The Labute approximate surface area is 155 Å². The zero-order chi connectivity index (χ0) is 17.6. The van der Waals surface area contributed by atoms with Gasteiger partial charge < -0.3 is 0 Å². The average molecular weight is 340 g/mol. The van der Waals surface area contributed by atoms with Crippen molar-refractivity contribution in [3.05, 3.63) is 77.4 Å². The van der Waals surface area contributed by atoms with Crippen LogP contribution in [0.5, 0.6) is 0 Å². The van der Waals surface area contributed by atoms with Crippen molar-refractivity contribution < 1.29 is 0 Å². The fourth-order valence-corrected chi connectivity index (χ4v) is 4.77. The molecule has 0 aromatic heterocycles. The highest BCUT2D eigenvalue weighted by Crippen LogP contribution is 2.48. The van der Waals surface area contributed by atoms with Gasteiger partial charge in [-0.1, -0.05) is 60.7 Å². The van der Waals surface area contributed by atoms with E-state index in [1.807, 2.05) is 0 Å². The molecule has 3 aliphatic rings. The van der Waals surface area contributed by atoms with Gasteiger partial charge in [0.15, 0.2) is 0 Å². The monoisotopic (exact) mass is 340 g/mol. The number of rotatable bonds is 4. The van der Waals surface area contributed by atoms with Gasteiger partial charge in [-0.05, 0) is 54.4 Å². The van der Waals surface area contributed by atoms with Gasteiger partial charge in [-0.15, -0.1) is 0 Å². The zero-order valence-corrected chi connectivity index (χ0v) is 15.1. The first-order valence-corrected chi connectivity index (χ1v) is 9.80. The second kappa shape index (κ2) is 6.11. The van der Waals surface area contributed by atoms with Crippen LogP contribution in [0.2, 0.25) is 0 Å². The van der Waals surface area contributed by atoms with Crippen LogP contribution in [0.1, 0.15) is 48.8 Å². The Morgan fingerprint density at radius 1 is 1.00 bits per heavy atom. The highest BCUT2D eigenvalue weighted by molar-refractivity contribution is 5.68. The van der Waals surface area contributed by atoms with Gasteiger partial charge in [0.05, 0.1) is 11.5 Å². The van der Waals surface area contributed by atoms with E-state index in [1.165, 1.54) is 35.1 Å². The molecule has 0 N–H and O–H groups in total. The third-order valence-corrected chi connectivity index (χ3v) is 6.52. The van der Waals surface area contributed by atoms with Crippen molar-refractivity contribution in [2.45, 2.75) is 56.1 Å². The normalized spacial score (nSPS) is 26.2. The van der Waals surface area contributed by atoms with E-state index in [0.29, 0.717) is 12.1 Å². The fraction of sp³-hybridized carbons (Fsp3) is 0.375. The predicted molar refractivity (Wildman–Crippen MR) is 104 cm³/mol. The van der Waals surface area contributed by atoms with E-state index in [9.17, 15) is 5.26 Å². The van der Waals surface area contributed by atoms with Crippen LogP contribution in [0, 0.1) is 11.3 Å². The summed E-state index contributed by atoms with van der Waals surface area (Å²) in [5.74, 6) is 0. The number of nitriles is 1. The minimum Gasteiger partial charge on any atom is -0.289 e. The lowest BCUT2D eigenvalue weighted by Crippen LogP contribution is -2.37. The van der Waals surface area contributed by atoms with E-state index in [-0.39, 0.29) is 5.41 Å². The predicted octanol–water partition coefficient (Wildman–Crippen LogP) is 5.06. The molecule has 2 nitrogen and oxygen atoms in total. The Kier molecular flexibility index (Phi) is 3.72. The van der Waals surface area contributed by atoms with E-state index >= 15 is 0 Å². The summed E-state index contributed by atoms with van der Waals surface area (Å²) in [6.07, 6.45) is 8.25. The molecular weight excluding hydrogens is 316 g/mol. The molecule has 2 aliphatic heterocycles. The van der Waals surface area contributed by atoms with Crippen molar-refractivity contribution >= 4 is 5.57 Å². The summed E-state index contributed by atoms with van der Waals surface area (Å²) >= 11 is 0. The van der Waals surface area contributed by atoms with Gasteiger partial charge in [-0.3, -0.25) is 4.90 Å². The van der Waals surface area contributed by atoms with Crippen LogP contribution in [-0.4, -0.2) is 17.0 Å². The molecule has 2 aromatic rings. The molecule has 0 amide bonds. The van der Waals surface area contributed by atoms with Crippen LogP contribution in [0.3, 0.4) is 0 Å². The fourth-order valence-electron chi connectivity index (χ4n) is 4.77. The lowest BCUT2D eigenvalue weighted by Gasteiger charge is -2.34. The molecule has 2 aromatic carbocycles. The lowest BCUT2D eigenvalue weighted by molar-refractivity contribution is 0.203. The molecule has 2 bridgehead atoms. The molecule has 2 heterocycles. The van der Waals surface area contributed by atoms with E-state index in [1.54, 1.807) is 0 Å². The lowest BCUT2D eigenvalue weighted by atomic mass is 9.91. The SMILES string of the molecule is N#CC1(c2ccc(C3=CC4CCC(C3)N4Cc3ccccc3)cc2)CC1. The van der Waals surface area contributed by atoms with Gasteiger partial charge in [0.1, 0.15) is 0 Å². The molecule has 2 fully saturated rings. The molecule has 26 heavy (non-hydrogen) atoms. The Morgan fingerprint density at radius 3 is 2.42 bits per heavy atom. The van der Waals surface area contributed by atoms with E-state index in [0.717, 1.165) is 25.8 Å². The van der Waals surface area contributed by atoms with Gasteiger partial charge in [0.2, 0.25) is 0 Å². The van der Waals surface area contributed by atoms with Crippen molar-refractivity contribution in [3.63, 3.8) is 0 Å². The first-order valence-electron chi connectivity index (χ1n) is 9.80. The first kappa shape index (κ1) is 15.9. The maximum atomic E-state index is 9.39. The van der Waals surface area contributed by atoms with Crippen LogP contribution in [0.4, 0.5) is 0 Å².